The molecule has 1 N–H and O–H groups in total. The zero-order chi connectivity index (χ0) is 20.2. The highest BCUT2D eigenvalue weighted by Gasteiger charge is 2.17. The molecular formula is C19H20N4O2S3. The number of hydrogen-bond acceptors (Lipinski definition) is 7. The Bertz CT molecular complexity index is 1340. The number of aromatic amines is 1. The Morgan fingerprint density at radius 1 is 0.964 bits per heavy atom. The smallest absolute Gasteiger partial charge is 0.263 e. The molecule has 4 aromatic heterocycles. The summed E-state index contributed by atoms with van der Waals surface area (Å²) in [5.41, 5.74) is 1.89. The molecule has 4 rings (SSSR count). The number of thiophene rings is 2. The Labute approximate surface area is 173 Å². The lowest BCUT2D eigenvalue weighted by Crippen LogP contribution is -2.22. The minimum absolute atomic E-state index is 0.00161. The van der Waals surface area contributed by atoms with Crippen LogP contribution in [0, 0.1) is 27.7 Å². The predicted molar refractivity (Wildman–Crippen MR) is 118 cm³/mol. The van der Waals surface area contributed by atoms with Crippen LogP contribution < -0.4 is 11.1 Å². The summed E-state index contributed by atoms with van der Waals surface area (Å²) in [6, 6.07) is 0. The number of hydrogen-bond donors (Lipinski definition) is 1. The molecule has 4 heterocycles. The molecule has 0 fully saturated rings. The molecule has 0 spiro atoms. The maximum atomic E-state index is 12.9. The van der Waals surface area contributed by atoms with Crippen LogP contribution in [-0.4, -0.2) is 19.5 Å². The fourth-order valence-electron chi connectivity index (χ4n) is 3.20. The average Bonchev–Trinajstić information content (AvgIpc) is 3.09. The van der Waals surface area contributed by atoms with Crippen molar-refractivity contribution < 1.29 is 0 Å². The van der Waals surface area contributed by atoms with Gasteiger partial charge in [-0.1, -0.05) is 11.8 Å². The minimum Gasteiger partial charge on any atom is -0.309 e. The molecule has 0 radical (unpaired) electrons. The molecule has 0 unspecified atom stereocenters. The minimum atomic E-state index is -0.108. The van der Waals surface area contributed by atoms with Gasteiger partial charge >= 0.3 is 0 Å². The molecule has 0 atom stereocenters. The van der Waals surface area contributed by atoms with E-state index >= 15 is 0 Å². The molecule has 0 aliphatic heterocycles. The van der Waals surface area contributed by atoms with Crippen LogP contribution in [0.25, 0.3) is 20.4 Å². The SMILES string of the molecule is CCn1c(SCc2nc3sc(C)c(C)c3c(=O)[nH]2)nc2sc(C)c(C)c2c1=O. The van der Waals surface area contributed by atoms with Gasteiger partial charge in [-0.3, -0.25) is 14.2 Å². The number of thioether (sulfide) groups is 1. The van der Waals surface area contributed by atoms with Crippen molar-refractivity contribution in [3.8, 4) is 0 Å². The van der Waals surface area contributed by atoms with E-state index in [-0.39, 0.29) is 11.1 Å². The van der Waals surface area contributed by atoms with Crippen LogP contribution in [0.2, 0.25) is 0 Å². The van der Waals surface area contributed by atoms with Crippen LogP contribution in [0.15, 0.2) is 14.7 Å². The largest absolute Gasteiger partial charge is 0.309 e. The van der Waals surface area contributed by atoms with E-state index in [1.165, 1.54) is 23.1 Å². The van der Waals surface area contributed by atoms with E-state index in [2.05, 4.69) is 9.97 Å². The number of H-pyrrole nitrogens is 1. The van der Waals surface area contributed by atoms with Crippen molar-refractivity contribution in [3.63, 3.8) is 0 Å². The molecule has 0 amide bonds. The molecule has 4 aromatic rings. The van der Waals surface area contributed by atoms with Gasteiger partial charge in [0.05, 0.1) is 16.5 Å². The number of aromatic nitrogens is 4. The van der Waals surface area contributed by atoms with Gasteiger partial charge in [0.2, 0.25) is 0 Å². The summed E-state index contributed by atoms with van der Waals surface area (Å²) in [6.07, 6.45) is 0. The summed E-state index contributed by atoms with van der Waals surface area (Å²) in [4.78, 5) is 41.4. The molecule has 0 aliphatic rings. The van der Waals surface area contributed by atoms with Crippen molar-refractivity contribution in [2.24, 2.45) is 0 Å². The van der Waals surface area contributed by atoms with E-state index in [4.69, 9.17) is 4.98 Å². The van der Waals surface area contributed by atoms with E-state index in [1.54, 1.807) is 15.9 Å². The maximum Gasteiger partial charge on any atom is 0.263 e. The monoisotopic (exact) mass is 432 g/mol. The lowest BCUT2D eigenvalue weighted by atomic mass is 10.2. The van der Waals surface area contributed by atoms with Crippen molar-refractivity contribution in [2.75, 3.05) is 0 Å². The normalized spacial score (nSPS) is 11.8. The van der Waals surface area contributed by atoms with Gasteiger partial charge in [-0.2, -0.15) is 0 Å². The Hall–Kier alpha value is -1.97. The van der Waals surface area contributed by atoms with Crippen LogP contribution in [-0.2, 0) is 12.3 Å². The summed E-state index contributed by atoms with van der Waals surface area (Å²) < 4.78 is 1.70. The highest BCUT2D eigenvalue weighted by molar-refractivity contribution is 7.98. The van der Waals surface area contributed by atoms with Gasteiger partial charge < -0.3 is 4.98 Å². The van der Waals surface area contributed by atoms with Crippen LogP contribution in [0.4, 0.5) is 0 Å². The van der Waals surface area contributed by atoms with Crippen LogP contribution in [0.5, 0.6) is 0 Å². The molecule has 0 aliphatic carbocycles. The van der Waals surface area contributed by atoms with Gasteiger partial charge in [0.25, 0.3) is 11.1 Å². The summed E-state index contributed by atoms with van der Waals surface area (Å²) in [7, 11) is 0. The zero-order valence-corrected chi connectivity index (χ0v) is 18.7. The van der Waals surface area contributed by atoms with Gasteiger partial charge in [-0.25, -0.2) is 9.97 Å². The van der Waals surface area contributed by atoms with Gasteiger partial charge in [-0.05, 0) is 45.7 Å². The number of nitrogens with zero attached hydrogens (tertiary/aromatic N) is 3. The quantitative estimate of drug-likeness (QED) is 0.384. The lowest BCUT2D eigenvalue weighted by Gasteiger charge is -2.09. The second-order valence-corrected chi connectivity index (χ2v) is 10.0. The summed E-state index contributed by atoms with van der Waals surface area (Å²) in [5, 5.41) is 2.04. The van der Waals surface area contributed by atoms with Crippen molar-refractivity contribution in [2.45, 2.75) is 52.1 Å². The first kappa shape index (κ1) is 19.4. The van der Waals surface area contributed by atoms with Crippen LogP contribution in [0.1, 0.15) is 33.6 Å². The number of nitrogens with one attached hydrogen (secondary N) is 1. The van der Waals surface area contributed by atoms with Crippen molar-refractivity contribution in [1.29, 1.82) is 0 Å². The summed E-state index contributed by atoms with van der Waals surface area (Å²) >= 11 is 4.51. The highest BCUT2D eigenvalue weighted by atomic mass is 32.2. The Morgan fingerprint density at radius 3 is 2.21 bits per heavy atom. The van der Waals surface area contributed by atoms with Crippen molar-refractivity contribution >= 4 is 54.9 Å². The standard InChI is InChI=1S/C19H20N4O2S3/c1-6-23-18(25)14-9(3)11(5)28-17(14)22-19(23)26-7-12-20-15(24)13-8(2)10(4)27-16(13)21-12/h6-7H2,1-5H3,(H,20,21,24). The van der Waals surface area contributed by atoms with E-state index in [0.717, 1.165) is 30.5 Å². The lowest BCUT2D eigenvalue weighted by molar-refractivity contribution is 0.635. The fraction of sp³-hybridized carbons (Fsp3) is 0.368. The van der Waals surface area contributed by atoms with Gasteiger partial charge in [-0.15, -0.1) is 22.7 Å². The van der Waals surface area contributed by atoms with Crippen LogP contribution in [0.3, 0.4) is 0 Å². The molecule has 0 aromatic carbocycles. The van der Waals surface area contributed by atoms with E-state index in [1.807, 2.05) is 34.6 Å². The Kier molecular flexibility index (Phi) is 4.93. The molecule has 28 heavy (non-hydrogen) atoms. The predicted octanol–water partition coefficient (Wildman–Crippen LogP) is 4.30. The Morgan fingerprint density at radius 2 is 1.57 bits per heavy atom. The number of aryl methyl sites for hydroxylation is 4. The van der Waals surface area contributed by atoms with Gasteiger partial charge in [0.15, 0.2) is 5.16 Å². The molecule has 9 heteroatoms. The molecule has 6 nitrogen and oxygen atoms in total. The van der Waals surface area contributed by atoms with E-state index in [9.17, 15) is 9.59 Å². The summed E-state index contributed by atoms with van der Waals surface area (Å²) in [5.74, 6) is 1.04. The second kappa shape index (κ2) is 7.13. The van der Waals surface area contributed by atoms with Crippen LogP contribution >= 0.6 is 34.4 Å². The number of fused-ring (bicyclic) bond motifs is 2. The van der Waals surface area contributed by atoms with Gasteiger partial charge in [0.1, 0.15) is 15.5 Å². The van der Waals surface area contributed by atoms with E-state index < -0.39 is 0 Å². The average molecular weight is 433 g/mol. The first-order chi connectivity index (χ1) is 13.3. The first-order valence-corrected chi connectivity index (χ1v) is 11.6. The summed E-state index contributed by atoms with van der Waals surface area (Å²) in [6.45, 7) is 10.4. The Balaban J connectivity index is 1.74. The third-order valence-electron chi connectivity index (χ3n) is 5.00. The molecule has 146 valence electrons. The van der Waals surface area contributed by atoms with Gasteiger partial charge in [0, 0.05) is 16.3 Å². The fourth-order valence-corrected chi connectivity index (χ4v) is 6.25. The number of rotatable bonds is 4. The van der Waals surface area contributed by atoms with Crippen molar-refractivity contribution in [1.82, 2.24) is 19.5 Å². The highest BCUT2D eigenvalue weighted by Crippen LogP contribution is 2.30. The molecule has 0 saturated carbocycles. The maximum absolute atomic E-state index is 12.9. The molecule has 0 saturated heterocycles. The molecule has 0 bridgehead atoms. The first-order valence-electron chi connectivity index (χ1n) is 8.94. The third kappa shape index (κ3) is 3.01. The zero-order valence-electron chi connectivity index (χ0n) is 16.3. The second-order valence-electron chi connectivity index (χ2n) is 6.67. The molecular weight excluding hydrogens is 412 g/mol. The topological polar surface area (TPSA) is 80.6 Å². The third-order valence-corrected chi connectivity index (χ3v) is 8.19. The van der Waals surface area contributed by atoms with Crippen molar-refractivity contribution in [3.05, 3.63) is 47.4 Å². The van der Waals surface area contributed by atoms with E-state index in [0.29, 0.717) is 34.1 Å².